The molecule has 0 atom stereocenters. The molecular formula is C11H13N3O4S. The zero-order valence-electron chi connectivity index (χ0n) is 10.2. The molecule has 102 valence electrons. The summed E-state index contributed by atoms with van der Waals surface area (Å²) in [7, 11) is -1.93. The lowest BCUT2D eigenvalue weighted by Crippen LogP contribution is -2.25. The van der Waals surface area contributed by atoms with Crippen LogP contribution in [0.1, 0.15) is 16.1 Å². The predicted octanol–water partition coefficient (Wildman–Crippen LogP) is 0.347. The summed E-state index contributed by atoms with van der Waals surface area (Å²) < 4.78 is 32.5. The molecule has 1 N–H and O–H groups in total. The van der Waals surface area contributed by atoms with Crippen molar-refractivity contribution < 1.29 is 17.6 Å². The van der Waals surface area contributed by atoms with Crippen LogP contribution in [0.5, 0.6) is 0 Å². The Morgan fingerprint density at radius 2 is 2.26 bits per heavy atom. The Morgan fingerprint density at radius 1 is 1.47 bits per heavy atom. The highest BCUT2D eigenvalue weighted by Gasteiger charge is 2.18. The average molecular weight is 283 g/mol. The van der Waals surface area contributed by atoms with Crippen LogP contribution in [0.25, 0.3) is 0 Å². The number of hydrogen-bond acceptors (Lipinski definition) is 5. The first-order chi connectivity index (χ1) is 9.01. The second-order valence-corrected chi connectivity index (χ2v) is 5.64. The summed E-state index contributed by atoms with van der Waals surface area (Å²) in [6.45, 7) is 0.227. The van der Waals surface area contributed by atoms with Crippen molar-refractivity contribution in [2.75, 3.05) is 6.54 Å². The number of sulfonamides is 1. The average Bonchev–Trinajstić information content (AvgIpc) is 2.98. The molecule has 2 rings (SSSR count). The third-order valence-electron chi connectivity index (χ3n) is 2.45. The van der Waals surface area contributed by atoms with Crippen LogP contribution in [0.4, 0.5) is 0 Å². The van der Waals surface area contributed by atoms with E-state index in [0.29, 0.717) is 12.7 Å². The normalized spacial score (nSPS) is 11.6. The van der Waals surface area contributed by atoms with Gasteiger partial charge in [-0.05, 0) is 24.1 Å². The Kier molecular flexibility index (Phi) is 3.82. The molecule has 0 aliphatic heterocycles. The minimum Gasteiger partial charge on any atom is -0.440 e. The van der Waals surface area contributed by atoms with Crippen molar-refractivity contribution in [1.82, 2.24) is 14.5 Å². The van der Waals surface area contributed by atoms with Crippen LogP contribution in [0, 0.1) is 0 Å². The van der Waals surface area contributed by atoms with E-state index in [-0.39, 0.29) is 17.4 Å². The number of carbonyl (C=O) groups excluding carboxylic acids is 1. The van der Waals surface area contributed by atoms with Crippen molar-refractivity contribution in [2.24, 2.45) is 7.05 Å². The number of aldehydes is 1. The minimum absolute atomic E-state index is 0.0207. The molecule has 0 aliphatic carbocycles. The van der Waals surface area contributed by atoms with Gasteiger partial charge in [0.1, 0.15) is 0 Å². The SMILES string of the molecule is Cn1cc(CCNS(=O)(=O)c2ccc(C=O)o2)cn1. The predicted molar refractivity (Wildman–Crippen MR) is 66.2 cm³/mol. The maximum Gasteiger partial charge on any atom is 0.273 e. The second-order valence-electron chi connectivity index (χ2n) is 3.94. The zero-order chi connectivity index (χ0) is 13.9. The fourth-order valence-electron chi connectivity index (χ4n) is 1.54. The topological polar surface area (TPSA) is 94.2 Å². The van der Waals surface area contributed by atoms with E-state index in [4.69, 9.17) is 4.42 Å². The molecule has 0 amide bonds. The fourth-order valence-corrected chi connectivity index (χ4v) is 2.51. The summed E-state index contributed by atoms with van der Waals surface area (Å²) in [6, 6.07) is 2.55. The van der Waals surface area contributed by atoms with Crippen LogP contribution in [0.15, 0.2) is 34.0 Å². The first kappa shape index (κ1) is 13.5. The Balaban J connectivity index is 1.96. The van der Waals surface area contributed by atoms with Gasteiger partial charge in [0.05, 0.1) is 6.20 Å². The lowest BCUT2D eigenvalue weighted by Gasteiger charge is -2.02. The van der Waals surface area contributed by atoms with E-state index in [1.54, 1.807) is 17.9 Å². The van der Waals surface area contributed by atoms with Gasteiger partial charge in [-0.15, -0.1) is 0 Å². The number of nitrogens with one attached hydrogen (secondary N) is 1. The molecular weight excluding hydrogens is 270 g/mol. The van der Waals surface area contributed by atoms with E-state index in [9.17, 15) is 13.2 Å². The highest BCUT2D eigenvalue weighted by atomic mass is 32.2. The zero-order valence-corrected chi connectivity index (χ0v) is 11.1. The van der Waals surface area contributed by atoms with Crippen molar-refractivity contribution in [3.05, 3.63) is 35.9 Å². The van der Waals surface area contributed by atoms with E-state index in [2.05, 4.69) is 9.82 Å². The summed E-state index contributed by atoms with van der Waals surface area (Å²) in [5, 5.41) is 3.72. The summed E-state index contributed by atoms with van der Waals surface area (Å²) >= 11 is 0. The molecule has 0 spiro atoms. The van der Waals surface area contributed by atoms with Crippen LogP contribution in [-0.2, 0) is 23.5 Å². The third kappa shape index (κ3) is 3.30. The van der Waals surface area contributed by atoms with Crippen molar-refractivity contribution in [3.63, 3.8) is 0 Å². The lowest BCUT2D eigenvalue weighted by atomic mass is 10.3. The van der Waals surface area contributed by atoms with E-state index in [1.807, 2.05) is 6.20 Å². The summed E-state index contributed by atoms with van der Waals surface area (Å²) in [5.41, 5.74) is 0.929. The summed E-state index contributed by atoms with van der Waals surface area (Å²) in [5.74, 6) is -0.0207. The Bertz CT molecular complexity index is 672. The molecule has 0 fully saturated rings. The van der Waals surface area contributed by atoms with Crippen molar-refractivity contribution >= 4 is 16.3 Å². The molecule has 19 heavy (non-hydrogen) atoms. The molecule has 8 heteroatoms. The van der Waals surface area contributed by atoms with Gasteiger partial charge in [0.2, 0.25) is 5.09 Å². The molecule has 2 heterocycles. The molecule has 0 saturated heterocycles. The number of aromatic nitrogens is 2. The Hall–Kier alpha value is -1.93. The smallest absolute Gasteiger partial charge is 0.273 e. The maximum absolute atomic E-state index is 11.8. The number of furan rings is 1. The first-order valence-electron chi connectivity index (χ1n) is 5.53. The van der Waals surface area contributed by atoms with Crippen LogP contribution in [-0.4, -0.2) is 31.0 Å². The number of aryl methyl sites for hydroxylation is 1. The van der Waals surface area contributed by atoms with Gasteiger partial charge < -0.3 is 4.42 Å². The second kappa shape index (κ2) is 5.37. The third-order valence-corrected chi connectivity index (χ3v) is 3.78. The van der Waals surface area contributed by atoms with Gasteiger partial charge in [-0.3, -0.25) is 9.48 Å². The van der Waals surface area contributed by atoms with Gasteiger partial charge >= 0.3 is 0 Å². The molecule has 2 aromatic heterocycles. The van der Waals surface area contributed by atoms with Gasteiger partial charge in [-0.1, -0.05) is 0 Å². The van der Waals surface area contributed by atoms with Gasteiger partial charge in [0.15, 0.2) is 12.0 Å². The van der Waals surface area contributed by atoms with Crippen LogP contribution >= 0.6 is 0 Å². The molecule has 7 nitrogen and oxygen atoms in total. The van der Waals surface area contributed by atoms with E-state index in [1.165, 1.54) is 12.1 Å². The summed E-state index contributed by atoms with van der Waals surface area (Å²) in [4.78, 5) is 10.4. The molecule has 0 radical (unpaired) electrons. The fraction of sp³-hybridized carbons (Fsp3) is 0.273. The Labute approximate surface area is 110 Å². The van der Waals surface area contributed by atoms with E-state index in [0.717, 1.165) is 5.56 Å². The molecule has 0 bridgehead atoms. The van der Waals surface area contributed by atoms with Crippen molar-refractivity contribution in [2.45, 2.75) is 11.5 Å². The van der Waals surface area contributed by atoms with Gasteiger partial charge in [0.25, 0.3) is 10.0 Å². The van der Waals surface area contributed by atoms with Crippen LogP contribution in [0.3, 0.4) is 0 Å². The number of nitrogens with zero attached hydrogens (tertiary/aromatic N) is 2. The number of rotatable bonds is 6. The Morgan fingerprint density at radius 3 is 2.84 bits per heavy atom. The molecule has 0 aliphatic rings. The molecule has 0 aromatic carbocycles. The van der Waals surface area contributed by atoms with E-state index < -0.39 is 10.0 Å². The lowest BCUT2D eigenvalue weighted by molar-refractivity contribution is 0.109. The molecule has 0 unspecified atom stereocenters. The van der Waals surface area contributed by atoms with Crippen LogP contribution < -0.4 is 4.72 Å². The monoisotopic (exact) mass is 283 g/mol. The quantitative estimate of drug-likeness (QED) is 0.772. The maximum atomic E-state index is 11.8. The van der Waals surface area contributed by atoms with Crippen molar-refractivity contribution in [1.29, 1.82) is 0 Å². The molecule has 0 saturated carbocycles. The highest BCUT2D eigenvalue weighted by Crippen LogP contribution is 2.12. The van der Waals surface area contributed by atoms with Crippen LogP contribution in [0.2, 0.25) is 0 Å². The summed E-state index contributed by atoms with van der Waals surface area (Å²) in [6.07, 6.45) is 4.46. The number of carbonyl (C=O) groups is 1. The van der Waals surface area contributed by atoms with Gasteiger partial charge in [-0.2, -0.15) is 5.10 Å². The number of hydrogen-bond donors (Lipinski definition) is 1. The largest absolute Gasteiger partial charge is 0.440 e. The van der Waals surface area contributed by atoms with E-state index >= 15 is 0 Å². The van der Waals surface area contributed by atoms with Crippen molar-refractivity contribution in [3.8, 4) is 0 Å². The van der Waals surface area contributed by atoms with Gasteiger partial charge in [-0.25, -0.2) is 13.1 Å². The first-order valence-corrected chi connectivity index (χ1v) is 7.02. The highest BCUT2D eigenvalue weighted by molar-refractivity contribution is 7.89. The standard InChI is InChI=1S/C11H13N3O4S/c1-14-7-9(6-12-14)4-5-13-19(16,17)11-3-2-10(8-15)18-11/h2-3,6-8,13H,4-5H2,1H3. The minimum atomic E-state index is -3.72. The van der Waals surface area contributed by atoms with Gasteiger partial charge in [0, 0.05) is 19.8 Å². The molecule has 2 aromatic rings.